The van der Waals surface area contributed by atoms with Crippen LogP contribution < -0.4 is 5.73 Å². The third kappa shape index (κ3) is 4.99. The zero-order chi connectivity index (χ0) is 30.5. The third-order valence-electron chi connectivity index (χ3n) is 8.04. The van der Waals surface area contributed by atoms with Gasteiger partial charge in [-0.25, -0.2) is 4.39 Å². The van der Waals surface area contributed by atoms with Crippen molar-refractivity contribution < 1.29 is 23.5 Å². The fraction of sp³-hybridized carbons (Fsp3) is 0.258. The smallest absolute Gasteiger partial charge is 0.257 e. The van der Waals surface area contributed by atoms with Crippen LogP contribution in [0.15, 0.2) is 67.1 Å². The standard InChI is InChI=1S/C31H26Cl2FN5O4/c1-2-38-15-19(13-37-38)27(40)18-11-24-26(25(34)12-18)31(20-3-5-21(32)6-4-20,43-17-30(9-10-30)29(35)42)39(28(24)41)16-23-8-7-22(33)14-36-23/h3-8,11-15H,2,9-10,16-17H2,1H3,(H2,35,42)/t31-/m1/s1. The Morgan fingerprint density at radius 2 is 1.77 bits per heavy atom. The van der Waals surface area contributed by atoms with Gasteiger partial charge in [0.05, 0.1) is 52.2 Å². The molecule has 43 heavy (non-hydrogen) atoms. The number of pyridine rings is 1. The summed E-state index contributed by atoms with van der Waals surface area (Å²) in [7, 11) is 0. The van der Waals surface area contributed by atoms with E-state index in [0.717, 1.165) is 6.07 Å². The van der Waals surface area contributed by atoms with E-state index >= 15 is 4.39 Å². The molecule has 0 spiro atoms. The summed E-state index contributed by atoms with van der Waals surface area (Å²) in [6, 6.07) is 12.2. The summed E-state index contributed by atoms with van der Waals surface area (Å²) in [5, 5.41) is 4.95. The highest BCUT2D eigenvalue weighted by molar-refractivity contribution is 6.30. The largest absolute Gasteiger partial charge is 0.369 e. The molecule has 2 N–H and O–H groups in total. The number of ether oxygens (including phenoxy) is 1. The van der Waals surface area contributed by atoms with E-state index in [1.165, 1.54) is 23.4 Å². The first-order valence-corrected chi connectivity index (χ1v) is 14.4. The molecule has 2 amide bonds. The van der Waals surface area contributed by atoms with Gasteiger partial charge in [-0.2, -0.15) is 5.10 Å². The number of nitrogens with zero attached hydrogens (tertiary/aromatic N) is 4. The average molecular weight is 622 g/mol. The summed E-state index contributed by atoms with van der Waals surface area (Å²) in [5.41, 5.74) is 3.85. The van der Waals surface area contributed by atoms with E-state index in [4.69, 9.17) is 33.7 Å². The second-order valence-electron chi connectivity index (χ2n) is 10.7. The van der Waals surface area contributed by atoms with Gasteiger partial charge in [0.2, 0.25) is 5.91 Å². The summed E-state index contributed by atoms with van der Waals surface area (Å²) in [6.07, 6.45) is 5.40. The van der Waals surface area contributed by atoms with Gasteiger partial charge in [-0.3, -0.25) is 28.9 Å². The number of carbonyl (C=O) groups is 3. The number of fused-ring (bicyclic) bond motifs is 1. The van der Waals surface area contributed by atoms with Crippen molar-refractivity contribution in [2.45, 2.75) is 38.6 Å². The van der Waals surface area contributed by atoms with Crippen LogP contribution in [-0.2, 0) is 28.3 Å². The van der Waals surface area contributed by atoms with Crippen molar-refractivity contribution in [1.82, 2.24) is 19.7 Å². The minimum Gasteiger partial charge on any atom is -0.369 e. The molecule has 4 aromatic rings. The van der Waals surface area contributed by atoms with E-state index in [2.05, 4.69) is 10.1 Å². The summed E-state index contributed by atoms with van der Waals surface area (Å²) >= 11 is 12.3. The molecule has 0 saturated heterocycles. The van der Waals surface area contributed by atoms with E-state index in [1.807, 2.05) is 6.92 Å². The molecule has 6 rings (SSSR count). The van der Waals surface area contributed by atoms with Crippen LogP contribution in [0.3, 0.4) is 0 Å². The average Bonchev–Trinajstić information content (AvgIpc) is 3.58. The number of carbonyl (C=O) groups excluding carboxylic acids is 3. The first kappa shape index (κ1) is 29.0. The van der Waals surface area contributed by atoms with Crippen LogP contribution in [0.4, 0.5) is 4.39 Å². The lowest BCUT2D eigenvalue weighted by Gasteiger charge is -2.40. The number of halogens is 3. The van der Waals surface area contributed by atoms with E-state index in [-0.39, 0.29) is 35.4 Å². The molecule has 12 heteroatoms. The molecule has 9 nitrogen and oxygen atoms in total. The number of primary amides is 1. The Labute approximate surface area is 256 Å². The molecule has 220 valence electrons. The molecule has 2 aliphatic rings. The lowest BCUT2D eigenvalue weighted by Crippen LogP contribution is -2.48. The number of aryl methyl sites for hydroxylation is 1. The Morgan fingerprint density at radius 3 is 2.37 bits per heavy atom. The molecule has 0 bridgehead atoms. The summed E-state index contributed by atoms with van der Waals surface area (Å²) in [6.45, 7) is 2.15. The normalized spacial score (nSPS) is 18.5. The maximum Gasteiger partial charge on any atom is 0.257 e. The molecule has 1 aliphatic heterocycles. The first-order chi connectivity index (χ1) is 20.6. The zero-order valence-corrected chi connectivity index (χ0v) is 24.5. The van der Waals surface area contributed by atoms with Gasteiger partial charge in [0.15, 0.2) is 11.5 Å². The molecule has 2 aromatic heterocycles. The number of aromatic nitrogens is 3. The molecule has 1 aliphatic carbocycles. The molecule has 1 saturated carbocycles. The van der Waals surface area contributed by atoms with E-state index < -0.39 is 34.6 Å². The van der Waals surface area contributed by atoms with Crippen LogP contribution in [0.25, 0.3) is 0 Å². The predicted octanol–water partition coefficient (Wildman–Crippen LogP) is 5.11. The Bertz CT molecular complexity index is 1750. The van der Waals surface area contributed by atoms with Crippen molar-refractivity contribution in [2.75, 3.05) is 6.61 Å². The van der Waals surface area contributed by atoms with E-state index in [9.17, 15) is 14.4 Å². The van der Waals surface area contributed by atoms with E-state index in [0.29, 0.717) is 40.7 Å². The SMILES string of the molecule is CCn1cc(C(=O)c2cc(F)c3c(c2)C(=O)N(Cc2ccc(Cl)cn2)[C@@]3(OCC2(C(N)=O)CC2)c2ccc(Cl)cc2)cn1. The minimum atomic E-state index is -1.85. The maximum absolute atomic E-state index is 16.5. The number of ketones is 1. The van der Waals surface area contributed by atoms with Crippen LogP contribution >= 0.6 is 23.2 Å². The number of amides is 2. The highest BCUT2D eigenvalue weighted by Crippen LogP contribution is 2.52. The van der Waals surface area contributed by atoms with Crippen LogP contribution in [0, 0.1) is 11.2 Å². The molecule has 3 heterocycles. The fourth-order valence-electron chi connectivity index (χ4n) is 5.40. The Hall–Kier alpha value is -4.12. The van der Waals surface area contributed by atoms with Crippen molar-refractivity contribution >= 4 is 40.8 Å². The Kier molecular flexibility index (Phi) is 7.32. The van der Waals surface area contributed by atoms with Crippen molar-refractivity contribution in [3.8, 4) is 0 Å². The van der Waals surface area contributed by atoms with Gasteiger partial charge < -0.3 is 10.5 Å². The van der Waals surface area contributed by atoms with Crippen molar-refractivity contribution in [3.05, 3.63) is 116 Å². The van der Waals surface area contributed by atoms with Crippen LogP contribution in [0.2, 0.25) is 10.0 Å². The summed E-state index contributed by atoms with van der Waals surface area (Å²) < 4.78 is 24.6. The van der Waals surface area contributed by atoms with Gasteiger partial charge in [-0.15, -0.1) is 0 Å². The molecule has 0 radical (unpaired) electrons. The fourth-order valence-corrected chi connectivity index (χ4v) is 5.64. The van der Waals surface area contributed by atoms with Crippen molar-refractivity contribution in [1.29, 1.82) is 0 Å². The maximum atomic E-state index is 16.5. The molecular formula is C31H26Cl2FN5O4. The van der Waals surface area contributed by atoms with Gasteiger partial charge in [-0.1, -0.05) is 35.3 Å². The Morgan fingerprint density at radius 1 is 1.05 bits per heavy atom. The lowest BCUT2D eigenvalue weighted by atomic mass is 9.90. The van der Waals surface area contributed by atoms with Crippen molar-refractivity contribution in [2.24, 2.45) is 11.1 Å². The topological polar surface area (TPSA) is 120 Å². The summed E-state index contributed by atoms with van der Waals surface area (Å²) in [4.78, 5) is 45.7. The van der Waals surface area contributed by atoms with Crippen LogP contribution in [-0.4, -0.2) is 43.9 Å². The number of hydrogen-bond acceptors (Lipinski definition) is 6. The Balaban J connectivity index is 1.54. The second kappa shape index (κ2) is 10.9. The predicted molar refractivity (Wildman–Crippen MR) is 156 cm³/mol. The van der Waals surface area contributed by atoms with Gasteiger partial charge in [-0.05, 0) is 56.2 Å². The molecule has 1 fully saturated rings. The monoisotopic (exact) mass is 621 g/mol. The molecule has 1 atom stereocenters. The summed E-state index contributed by atoms with van der Waals surface area (Å²) in [5.74, 6) is -2.45. The highest BCUT2D eigenvalue weighted by atomic mass is 35.5. The zero-order valence-electron chi connectivity index (χ0n) is 23.0. The number of benzene rings is 2. The van der Waals surface area contributed by atoms with Crippen LogP contribution in [0.1, 0.15) is 62.9 Å². The second-order valence-corrected chi connectivity index (χ2v) is 11.6. The van der Waals surface area contributed by atoms with Gasteiger partial charge in [0, 0.05) is 35.1 Å². The van der Waals surface area contributed by atoms with Gasteiger partial charge in [0.25, 0.3) is 5.91 Å². The van der Waals surface area contributed by atoms with Gasteiger partial charge in [0.1, 0.15) is 5.82 Å². The minimum absolute atomic E-state index is 0.0208. The van der Waals surface area contributed by atoms with Crippen molar-refractivity contribution in [3.63, 3.8) is 0 Å². The third-order valence-corrected chi connectivity index (χ3v) is 8.52. The van der Waals surface area contributed by atoms with Gasteiger partial charge >= 0.3 is 0 Å². The number of rotatable bonds is 10. The first-order valence-electron chi connectivity index (χ1n) is 13.6. The number of hydrogen-bond donors (Lipinski definition) is 1. The molecule has 2 aromatic carbocycles. The quantitative estimate of drug-likeness (QED) is 0.246. The lowest BCUT2D eigenvalue weighted by molar-refractivity contribution is -0.142. The molecule has 0 unspecified atom stereocenters. The van der Waals surface area contributed by atoms with E-state index in [1.54, 1.807) is 47.3 Å². The number of nitrogens with two attached hydrogens (primary N) is 1. The molecular weight excluding hydrogens is 596 g/mol. The van der Waals surface area contributed by atoms with Crippen LogP contribution in [0.5, 0.6) is 0 Å². The highest BCUT2D eigenvalue weighted by Gasteiger charge is 2.58.